The topological polar surface area (TPSA) is 3.24 Å². The van der Waals surface area contributed by atoms with Gasteiger partial charge in [-0.25, -0.2) is 0 Å². The molecule has 0 amide bonds. The average molecular weight is 213 g/mol. The monoisotopic (exact) mass is 213 g/mol. The molecule has 0 saturated carbocycles. The molecule has 1 heterocycles. The third-order valence-corrected chi connectivity index (χ3v) is 3.71. The van der Waals surface area contributed by atoms with Crippen LogP contribution in [0, 0.1) is 0 Å². The van der Waals surface area contributed by atoms with E-state index in [4.69, 9.17) is 0 Å². The Labute approximate surface area is 97.8 Å². The van der Waals surface area contributed by atoms with Gasteiger partial charge in [-0.15, -0.1) is 0 Å². The van der Waals surface area contributed by atoms with Crippen molar-refractivity contribution in [3.63, 3.8) is 0 Å². The molecule has 0 aromatic heterocycles. The minimum Gasteiger partial charge on any atom is -0.299 e. The molecule has 1 aliphatic heterocycles. The fourth-order valence-electron chi connectivity index (χ4n) is 2.86. The van der Waals surface area contributed by atoms with E-state index in [1.54, 1.807) is 5.57 Å². The zero-order valence-corrected chi connectivity index (χ0v) is 9.78. The van der Waals surface area contributed by atoms with Gasteiger partial charge in [0.25, 0.3) is 0 Å². The molecule has 1 nitrogen and oxygen atoms in total. The second kappa shape index (κ2) is 4.42. The molecule has 0 radical (unpaired) electrons. The molecule has 0 atom stereocenters. The molecule has 1 aromatic rings. The van der Waals surface area contributed by atoms with Gasteiger partial charge < -0.3 is 0 Å². The predicted molar refractivity (Wildman–Crippen MR) is 68.4 cm³/mol. The van der Waals surface area contributed by atoms with Crippen LogP contribution in [0.4, 0.5) is 0 Å². The highest BCUT2D eigenvalue weighted by molar-refractivity contribution is 5.63. The first-order chi connectivity index (χ1) is 7.92. The first-order valence-electron chi connectivity index (χ1n) is 6.41. The van der Waals surface area contributed by atoms with Crippen LogP contribution < -0.4 is 0 Å². The van der Waals surface area contributed by atoms with Gasteiger partial charge in [0.2, 0.25) is 0 Å². The third-order valence-electron chi connectivity index (χ3n) is 3.71. The quantitative estimate of drug-likeness (QED) is 0.729. The highest BCUT2D eigenvalue weighted by Crippen LogP contribution is 2.25. The van der Waals surface area contributed by atoms with E-state index in [1.165, 1.54) is 56.4 Å². The van der Waals surface area contributed by atoms with E-state index >= 15 is 0 Å². The zero-order chi connectivity index (χ0) is 10.8. The van der Waals surface area contributed by atoms with Gasteiger partial charge in [0, 0.05) is 6.54 Å². The van der Waals surface area contributed by atoms with Crippen molar-refractivity contribution in [1.29, 1.82) is 0 Å². The van der Waals surface area contributed by atoms with Crippen molar-refractivity contribution in [3.05, 3.63) is 41.0 Å². The van der Waals surface area contributed by atoms with Crippen LogP contribution in [0.5, 0.6) is 0 Å². The van der Waals surface area contributed by atoms with Gasteiger partial charge in [0.15, 0.2) is 0 Å². The molecule has 1 heteroatoms. The molecular weight excluding hydrogens is 194 g/mol. The molecule has 1 fully saturated rings. The Hall–Kier alpha value is -1.08. The van der Waals surface area contributed by atoms with Crippen LogP contribution in [-0.4, -0.2) is 24.5 Å². The number of rotatable bonds is 2. The van der Waals surface area contributed by atoms with Crippen molar-refractivity contribution < 1.29 is 0 Å². The Morgan fingerprint density at radius 2 is 1.81 bits per heavy atom. The Bertz CT molecular complexity index is 400. The number of fused-ring (bicyclic) bond motifs is 1. The smallest absolute Gasteiger partial charge is 0.0199 e. The highest BCUT2D eigenvalue weighted by atomic mass is 15.1. The Morgan fingerprint density at radius 1 is 1.00 bits per heavy atom. The summed E-state index contributed by atoms with van der Waals surface area (Å²) in [5, 5.41) is 0. The van der Waals surface area contributed by atoms with Crippen molar-refractivity contribution in [2.45, 2.75) is 25.7 Å². The van der Waals surface area contributed by atoms with Crippen molar-refractivity contribution in [2.75, 3.05) is 19.6 Å². The summed E-state index contributed by atoms with van der Waals surface area (Å²) in [7, 11) is 0. The van der Waals surface area contributed by atoms with E-state index in [1.807, 2.05) is 0 Å². The molecule has 0 bridgehead atoms. The van der Waals surface area contributed by atoms with E-state index in [0.29, 0.717) is 0 Å². The van der Waals surface area contributed by atoms with Crippen LogP contribution in [0.3, 0.4) is 0 Å². The lowest BCUT2D eigenvalue weighted by atomic mass is 10.1. The minimum absolute atomic E-state index is 1.17. The summed E-state index contributed by atoms with van der Waals surface area (Å²) in [4.78, 5) is 2.61. The number of hydrogen-bond donors (Lipinski definition) is 0. The highest BCUT2D eigenvalue weighted by Gasteiger charge is 2.16. The standard InChI is InChI=1S/C15H19N/c1-4-8-16(9-5-1)12-13-10-14-6-2-3-7-15(14)11-13/h2-3,6-7,10H,1,4-5,8-9,11-12H2. The van der Waals surface area contributed by atoms with Crippen LogP contribution >= 0.6 is 0 Å². The van der Waals surface area contributed by atoms with Crippen LogP contribution in [-0.2, 0) is 6.42 Å². The van der Waals surface area contributed by atoms with Crippen molar-refractivity contribution >= 4 is 6.08 Å². The SMILES string of the molecule is C1=C(CN2CCCCC2)Cc2ccccc21. The second-order valence-electron chi connectivity index (χ2n) is 5.01. The summed E-state index contributed by atoms with van der Waals surface area (Å²) in [6, 6.07) is 8.78. The second-order valence-corrected chi connectivity index (χ2v) is 5.01. The molecule has 1 aliphatic carbocycles. The van der Waals surface area contributed by atoms with E-state index in [0.717, 1.165) is 0 Å². The maximum Gasteiger partial charge on any atom is 0.0199 e. The predicted octanol–water partition coefficient (Wildman–Crippen LogP) is 3.11. The maximum atomic E-state index is 2.61. The lowest BCUT2D eigenvalue weighted by Gasteiger charge is -2.26. The minimum atomic E-state index is 1.17. The Morgan fingerprint density at radius 3 is 2.62 bits per heavy atom. The summed E-state index contributed by atoms with van der Waals surface area (Å²) in [6.07, 6.45) is 7.77. The zero-order valence-electron chi connectivity index (χ0n) is 9.78. The van der Waals surface area contributed by atoms with E-state index in [9.17, 15) is 0 Å². The molecule has 0 unspecified atom stereocenters. The maximum absolute atomic E-state index is 2.61. The normalized spacial score (nSPS) is 20.6. The molecule has 1 aromatic carbocycles. The van der Waals surface area contributed by atoms with Crippen LogP contribution in [0.25, 0.3) is 6.08 Å². The lowest BCUT2D eigenvalue weighted by Crippen LogP contribution is -2.31. The molecule has 84 valence electrons. The van der Waals surface area contributed by atoms with Crippen LogP contribution in [0.15, 0.2) is 29.8 Å². The first-order valence-corrected chi connectivity index (χ1v) is 6.41. The molecular formula is C15H19N. The molecule has 0 N–H and O–H groups in total. The van der Waals surface area contributed by atoms with E-state index in [-0.39, 0.29) is 0 Å². The van der Waals surface area contributed by atoms with Gasteiger partial charge in [0.05, 0.1) is 0 Å². The third kappa shape index (κ3) is 2.05. The number of piperidine rings is 1. The van der Waals surface area contributed by atoms with Crippen LogP contribution in [0.1, 0.15) is 30.4 Å². The van der Waals surface area contributed by atoms with E-state index in [2.05, 4.69) is 35.2 Å². The molecule has 2 aliphatic rings. The van der Waals surface area contributed by atoms with Gasteiger partial charge in [-0.2, -0.15) is 0 Å². The average Bonchev–Trinajstić information content (AvgIpc) is 2.72. The largest absolute Gasteiger partial charge is 0.299 e. The summed E-state index contributed by atoms with van der Waals surface area (Å²) in [5.74, 6) is 0. The fraction of sp³-hybridized carbons (Fsp3) is 0.467. The number of likely N-dealkylation sites (tertiary alicyclic amines) is 1. The fourth-order valence-corrected chi connectivity index (χ4v) is 2.86. The number of nitrogens with zero attached hydrogens (tertiary/aromatic N) is 1. The van der Waals surface area contributed by atoms with Crippen molar-refractivity contribution in [2.24, 2.45) is 0 Å². The van der Waals surface area contributed by atoms with Gasteiger partial charge >= 0.3 is 0 Å². The summed E-state index contributed by atoms with van der Waals surface area (Å²) in [5.41, 5.74) is 4.55. The molecule has 1 saturated heterocycles. The number of benzene rings is 1. The van der Waals surface area contributed by atoms with Crippen molar-refractivity contribution in [3.8, 4) is 0 Å². The molecule has 16 heavy (non-hydrogen) atoms. The Balaban J connectivity index is 1.66. The first kappa shape index (κ1) is 10.1. The van der Waals surface area contributed by atoms with Gasteiger partial charge in [-0.3, -0.25) is 4.90 Å². The van der Waals surface area contributed by atoms with Gasteiger partial charge in [-0.1, -0.05) is 42.3 Å². The van der Waals surface area contributed by atoms with Crippen molar-refractivity contribution in [1.82, 2.24) is 4.90 Å². The summed E-state index contributed by atoms with van der Waals surface area (Å²) in [6.45, 7) is 3.79. The lowest BCUT2D eigenvalue weighted by molar-refractivity contribution is 0.246. The summed E-state index contributed by atoms with van der Waals surface area (Å²) < 4.78 is 0. The van der Waals surface area contributed by atoms with E-state index < -0.39 is 0 Å². The summed E-state index contributed by atoms with van der Waals surface area (Å²) >= 11 is 0. The Kier molecular flexibility index (Phi) is 2.79. The van der Waals surface area contributed by atoms with Gasteiger partial charge in [-0.05, 0) is 43.5 Å². The number of hydrogen-bond acceptors (Lipinski definition) is 1. The molecule has 3 rings (SSSR count). The van der Waals surface area contributed by atoms with Gasteiger partial charge in [0.1, 0.15) is 0 Å². The molecule has 0 spiro atoms. The van der Waals surface area contributed by atoms with Crippen LogP contribution in [0.2, 0.25) is 0 Å².